The van der Waals surface area contributed by atoms with Crippen LogP contribution in [0.2, 0.25) is 0 Å². The topological polar surface area (TPSA) is 23.5 Å². The van der Waals surface area contributed by atoms with Gasteiger partial charge in [-0.2, -0.15) is 11.8 Å². The molecule has 0 radical (unpaired) electrons. The molecule has 1 rings (SSSR count). The quantitative estimate of drug-likeness (QED) is 0.657. The van der Waals surface area contributed by atoms with Gasteiger partial charge >= 0.3 is 0 Å². The number of likely N-dealkylation sites (tertiary alicyclic amines) is 1. The fourth-order valence-electron chi connectivity index (χ4n) is 1.81. The van der Waals surface area contributed by atoms with Crippen LogP contribution >= 0.6 is 11.8 Å². The Morgan fingerprint density at radius 2 is 2.42 bits per heavy atom. The molecule has 1 saturated heterocycles. The van der Waals surface area contributed by atoms with E-state index in [9.17, 15) is 0 Å². The number of hydrogen-bond donors (Lipinski definition) is 1. The normalized spacial score (nSPS) is 25.0. The van der Waals surface area contributed by atoms with Crippen LogP contribution < -0.4 is 0 Å². The van der Waals surface area contributed by atoms with E-state index in [1.54, 1.807) is 0 Å². The molecule has 0 aromatic heterocycles. The van der Waals surface area contributed by atoms with E-state index in [-0.39, 0.29) is 0 Å². The number of thioether (sulfide) groups is 1. The zero-order chi connectivity index (χ0) is 8.81. The van der Waals surface area contributed by atoms with Crippen LogP contribution in [-0.4, -0.2) is 47.8 Å². The minimum absolute atomic E-state index is 0.346. The van der Waals surface area contributed by atoms with E-state index < -0.39 is 0 Å². The Hall–Kier alpha value is 0.270. The van der Waals surface area contributed by atoms with E-state index in [1.807, 2.05) is 11.8 Å². The van der Waals surface area contributed by atoms with Gasteiger partial charge in [0.15, 0.2) is 0 Å². The Kier molecular flexibility index (Phi) is 5.04. The van der Waals surface area contributed by atoms with Crippen molar-refractivity contribution in [3.63, 3.8) is 0 Å². The average molecular weight is 189 g/mol. The highest BCUT2D eigenvalue weighted by Gasteiger charge is 2.22. The molecule has 1 aliphatic rings. The lowest BCUT2D eigenvalue weighted by atomic mass is 10.2. The highest BCUT2D eigenvalue weighted by molar-refractivity contribution is 7.98. The smallest absolute Gasteiger partial charge is 0.0586 e. The molecule has 72 valence electrons. The van der Waals surface area contributed by atoms with Crippen LogP contribution in [0, 0.1) is 0 Å². The van der Waals surface area contributed by atoms with Crippen molar-refractivity contribution in [1.82, 2.24) is 4.90 Å². The Bertz CT molecular complexity index is 121. The zero-order valence-corrected chi connectivity index (χ0v) is 8.65. The second-order valence-electron chi connectivity index (χ2n) is 3.36. The maximum Gasteiger partial charge on any atom is 0.0586 e. The molecular formula is C9H19NOS. The molecule has 0 saturated carbocycles. The molecule has 2 nitrogen and oxygen atoms in total. The van der Waals surface area contributed by atoms with Crippen LogP contribution in [0.4, 0.5) is 0 Å². The Morgan fingerprint density at radius 3 is 3.08 bits per heavy atom. The van der Waals surface area contributed by atoms with Crippen molar-refractivity contribution in [1.29, 1.82) is 0 Å². The van der Waals surface area contributed by atoms with Gasteiger partial charge in [0, 0.05) is 6.04 Å². The lowest BCUT2D eigenvalue weighted by Crippen LogP contribution is -2.33. The molecule has 0 aromatic carbocycles. The molecule has 1 atom stereocenters. The van der Waals surface area contributed by atoms with Crippen molar-refractivity contribution >= 4 is 11.8 Å². The molecule has 12 heavy (non-hydrogen) atoms. The monoisotopic (exact) mass is 189 g/mol. The minimum atomic E-state index is 0.346. The first-order valence-corrected chi connectivity index (χ1v) is 6.11. The number of aliphatic hydroxyl groups excluding tert-OH is 1. The van der Waals surface area contributed by atoms with Gasteiger partial charge in [0.1, 0.15) is 0 Å². The molecular weight excluding hydrogens is 170 g/mol. The minimum Gasteiger partial charge on any atom is -0.395 e. The van der Waals surface area contributed by atoms with Gasteiger partial charge in [-0.1, -0.05) is 0 Å². The number of rotatable bonds is 5. The Labute approximate surface area is 79.3 Å². The summed E-state index contributed by atoms with van der Waals surface area (Å²) in [5.41, 5.74) is 0. The molecule has 0 bridgehead atoms. The first-order valence-electron chi connectivity index (χ1n) is 4.72. The highest BCUT2D eigenvalue weighted by Crippen LogP contribution is 2.16. The highest BCUT2D eigenvalue weighted by atomic mass is 32.2. The second-order valence-corrected chi connectivity index (χ2v) is 4.35. The third kappa shape index (κ3) is 2.96. The zero-order valence-electron chi connectivity index (χ0n) is 7.83. The van der Waals surface area contributed by atoms with Gasteiger partial charge in [0.05, 0.1) is 6.61 Å². The van der Waals surface area contributed by atoms with E-state index in [0.29, 0.717) is 12.6 Å². The van der Waals surface area contributed by atoms with Crippen molar-refractivity contribution in [2.24, 2.45) is 0 Å². The molecule has 0 aromatic rings. The van der Waals surface area contributed by atoms with Gasteiger partial charge < -0.3 is 5.11 Å². The van der Waals surface area contributed by atoms with Crippen molar-refractivity contribution in [3.05, 3.63) is 0 Å². The van der Waals surface area contributed by atoms with E-state index in [4.69, 9.17) is 5.11 Å². The molecule has 0 aliphatic carbocycles. The number of aliphatic hydroxyl groups is 1. The third-order valence-electron chi connectivity index (χ3n) is 2.50. The van der Waals surface area contributed by atoms with Gasteiger partial charge in [-0.25, -0.2) is 0 Å². The number of nitrogens with zero attached hydrogens (tertiary/aromatic N) is 1. The molecule has 1 heterocycles. The predicted octanol–water partition coefficient (Wildman–Crippen LogP) is 1.20. The van der Waals surface area contributed by atoms with Gasteiger partial charge in [-0.05, 0) is 44.4 Å². The van der Waals surface area contributed by atoms with Crippen LogP contribution in [0.15, 0.2) is 0 Å². The van der Waals surface area contributed by atoms with Crippen molar-refractivity contribution < 1.29 is 5.11 Å². The maximum absolute atomic E-state index is 9.05. The lowest BCUT2D eigenvalue weighted by Gasteiger charge is -2.22. The van der Waals surface area contributed by atoms with Gasteiger partial charge in [-0.15, -0.1) is 0 Å². The predicted molar refractivity (Wildman–Crippen MR) is 54.7 cm³/mol. The summed E-state index contributed by atoms with van der Waals surface area (Å²) in [7, 11) is 0. The van der Waals surface area contributed by atoms with E-state index in [1.165, 1.54) is 38.1 Å². The van der Waals surface area contributed by atoms with E-state index in [0.717, 1.165) is 0 Å². The second kappa shape index (κ2) is 5.84. The summed E-state index contributed by atoms with van der Waals surface area (Å²) in [6.45, 7) is 2.71. The van der Waals surface area contributed by atoms with Crippen LogP contribution in [0.3, 0.4) is 0 Å². The maximum atomic E-state index is 9.05. The van der Waals surface area contributed by atoms with Crippen LogP contribution in [0.1, 0.15) is 19.3 Å². The van der Waals surface area contributed by atoms with Crippen molar-refractivity contribution in [2.45, 2.75) is 25.3 Å². The summed E-state index contributed by atoms with van der Waals surface area (Å²) in [5, 5.41) is 9.05. The van der Waals surface area contributed by atoms with Crippen molar-refractivity contribution in [2.75, 3.05) is 31.7 Å². The van der Waals surface area contributed by atoms with Crippen LogP contribution in [0.25, 0.3) is 0 Å². The molecule has 1 aliphatic heterocycles. The molecule has 0 spiro atoms. The molecule has 1 fully saturated rings. The third-order valence-corrected chi connectivity index (χ3v) is 3.20. The van der Waals surface area contributed by atoms with Gasteiger partial charge in [0.25, 0.3) is 0 Å². The van der Waals surface area contributed by atoms with Crippen LogP contribution in [-0.2, 0) is 0 Å². The van der Waals surface area contributed by atoms with E-state index >= 15 is 0 Å². The summed E-state index contributed by atoms with van der Waals surface area (Å²) in [6, 6.07) is 0.465. The lowest BCUT2D eigenvalue weighted by molar-refractivity contribution is 0.159. The van der Waals surface area contributed by atoms with Crippen LogP contribution in [0.5, 0.6) is 0 Å². The SMILES string of the molecule is CSCCCN1CCCC1CO. The van der Waals surface area contributed by atoms with Gasteiger partial charge in [-0.3, -0.25) is 4.90 Å². The summed E-state index contributed by atoms with van der Waals surface area (Å²) in [4.78, 5) is 2.43. The Balaban J connectivity index is 2.12. The summed E-state index contributed by atoms with van der Waals surface area (Å²) < 4.78 is 0. The standard InChI is InChI=1S/C9H19NOS/c1-12-7-3-6-10-5-2-4-9(10)8-11/h9,11H,2-8H2,1H3. The molecule has 3 heteroatoms. The molecule has 1 unspecified atom stereocenters. The molecule has 1 N–H and O–H groups in total. The summed E-state index contributed by atoms with van der Waals surface area (Å²) >= 11 is 1.90. The largest absolute Gasteiger partial charge is 0.395 e. The average Bonchev–Trinajstić information content (AvgIpc) is 2.52. The first-order chi connectivity index (χ1) is 5.88. The van der Waals surface area contributed by atoms with E-state index in [2.05, 4.69) is 11.2 Å². The first kappa shape index (κ1) is 10.4. The summed E-state index contributed by atoms with van der Waals surface area (Å²) in [6.07, 6.45) is 5.87. The Morgan fingerprint density at radius 1 is 1.58 bits per heavy atom. The summed E-state index contributed by atoms with van der Waals surface area (Å²) in [5.74, 6) is 1.24. The molecule has 0 amide bonds. The van der Waals surface area contributed by atoms with Gasteiger partial charge in [0.2, 0.25) is 0 Å². The van der Waals surface area contributed by atoms with Crippen molar-refractivity contribution in [3.8, 4) is 0 Å². The number of hydrogen-bond acceptors (Lipinski definition) is 3. The fourth-order valence-corrected chi connectivity index (χ4v) is 2.23. The fraction of sp³-hybridized carbons (Fsp3) is 1.00.